The summed E-state index contributed by atoms with van der Waals surface area (Å²) in [6.45, 7) is 4.97. The van der Waals surface area contributed by atoms with Gasteiger partial charge in [0.25, 0.3) is 0 Å². The maximum absolute atomic E-state index is 13.0. The minimum atomic E-state index is -4.47. The summed E-state index contributed by atoms with van der Waals surface area (Å²) in [4.78, 5) is 10.4. The Morgan fingerprint density at radius 3 is 2.55 bits per heavy atom. The normalized spacial score (nSPS) is 16.0. The van der Waals surface area contributed by atoms with Crippen molar-refractivity contribution in [3.05, 3.63) is 23.4 Å². The highest BCUT2D eigenvalue weighted by Crippen LogP contribution is 2.36. The lowest BCUT2D eigenvalue weighted by atomic mass is 9.94. The molecule has 0 atom stereocenters. The van der Waals surface area contributed by atoms with Crippen molar-refractivity contribution < 1.29 is 23.1 Å². The highest BCUT2D eigenvalue weighted by atomic mass is 19.4. The topological polar surface area (TPSA) is 61.7 Å². The lowest BCUT2D eigenvalue weighted by molar-refractivity contribution is -0.137. The van der Waals surface area contributed by atoms with E-state index >= 15 is 0 Å². The summed E-state index contributed by atoms with van der Waals surface area (Å²) in [5, 5.41) is 12.4. The van der Waals surface area contributed by atoms with Crippen molar-refractivity contribution in [1.82, 2.24) is 5.43 Å². The Morgan fingerprint density at radius 1 is 1.40 bits per heavy atom. The standard InChI is InChI=1S/C13H17F3N2O2/c1-3-9-10(6-4-5-7-11(19)20)18-17-8(2)12(9)13(14,15)16/h17H,2-7H2,1H3,(H,19,20). The monoisotopic (exact) mass is 290 g/mol. The minimum Gasteiger partial charge on any atom is -0.481 e. The van der Waals surface area contributed by atoms with Crippen LogP contribution >= 0.6 is 0 Å². The van der Waals surface area contributed by atoms with E-state index in [0.29, 0.717) is 25.0 Å². The van der Waals surface area contributed by atoms with Gasteiger partial charge in [0.1, 0.15) is 0 Å². The van der Waals surface area contributed by atoms with E-state index in [9.17, 15) is 18.0 Å². The SMILES string of the molecule is C=C1NN=C(CCCCC(=O)O)C(CC)=C1C(F)(F)F. The second-order valence-electron chi connectivity index (χ2n) is 4.45. The van der Waals surface area contributed by atoms with Gasteiger partial charge in [0.2, 0.25) is 0 Å². The average molecular weight is 290 g/mol. The van der Waals surface area contributed by atoms with Crippen LogP contribution in [0.5, 0.6) is 0 Å². The number of hydrazone groups is 1. The fourth-order valence-electron chi connectivity index (χ4n) is 2.08. The molecule has 4 nitrogen and oxygen atoms in total. The molecule has 1 aliphatic heterocycles. The first-order valence-corrected chi connectivity index (χ1v) is 6.31. The minimum absolute atomic E-state index is 0.00468. The van der Waals surface area contributed by atoms with E-state index in [1.165, 1.54) is 0 Å². The number of carbonyl (C=O) groups is 1. The Kier molecular flexibility index (Phi) is 5.35. The van der Waals surface area contributed by atoms with E-state index in [-0.39, 0.29) is 24.1 Å². The van der Waals surface area contributed by atoms with Crippen LogP contribution < -0.4 is 5.43 Å². The Balaban J connectivity index is 2.84. The molecule has 0 aromatic rings. The molecule has 0 aromatic heterocycles. The molecule has 0 radical (unpaired) electrons. The van der Waals surface area contributed by atoms with Gasteiger partial charge < -0.3 is 5.11 Å². The molecule has 0 bridgehead atoms. The van der Waals surface area contributed by atoms with Gasteiger partial charge in [-0.3, -0.25) is 10.2 Å². The molecule has 0 spiro atoms. The van der Waals surface area contributed by atoms with Crippen molar-refractivity contribution in [1.29, 1.82) is 0 Å². The third-order valence-corrected chi connectivity index (χ3v) is 2.97. The maximum Gasteiger partial charge on any atom is 0.418 e. The fraction of sp³-hybridized carbons (Fsp3) is 0.538. The fourth-order valence-corrected chi connectivity index (χ4v) is 2.08. The summed E-state index contributed by atoms with van der Waals surface area (Å²) in [7, 11) is 0. The molecule has 0 aromatic carbocycles. The number of allylic oxidation sites excluding steroid dienone is 2. The summed E-state index contributed by atoms with van der Waals surface area (Å²) < 4.78 is 39.0. The number of aliphatic carboxylic acids is 1. The second-order valence-corrected chi connectivity index (χ2v) is 4.45. The third-order valence-electron chi connectivity index (χ3n) is 2.97. The predicted molar refractivity (Wildman–Crippen MR) is 69.2 cm³/mol. The van der Waals surface area contributed by atoms with Crippen LogP contribution in [-0.2, 0) is 4.79 Å². The number of nitrogens with zero attached hydrogens (tertiary/aromatic N) is 1. The van der Waals surface area contributed by atoms with E-state index in [2.05, 4.69) is 17.1 Å². The molecule has 0 unspecified atom stereocenters. The van der Waals surface area contributed by atoms with Gasteiger partial charge in [-0.05, 0) is 31.3 Å². The van der Waals surface area contributed by atoms with Crippen molar-refractivity contribution >= 4 is 11.7 Å². The largest absolute Gasteiger partial charge is 0.481 e. The molecule has 112 valence electrons. The number of hydrogen-bond acceptors (Lipinski definition) is 3. The van der Waals surface area contributed by atoms with Crippen molar-refractivity contribution in [2.45, 2.75) is 45.2 Å². The molecular formula is C13H17F3N2O2. The predicted octanol–water partition coefficient (Wildman–Crippen LogP) is 3.37. The van der Waals surface area contributed by atoms with Gasteiger partial charge in [-0.25, -0.2) is 0 Å². The average Bonchev–Trinajstić information content (AvgIpc) is 2.33. The summed E-state index contributed by atoms with van der Waals surface area (Å²) >= 11 is 0. The Hall–Kier alpha value is -1.79. The van der Waals surface area contributed by atoms with Gasteiger partial charge in [-0.1, -0.05) is 13.5 Å². The zero-order valence-electron chi connectivity index (χ0n) is 11.2. The first kappa shape index (κ1) is 16.3. The van der Waals surface area contributed by atoms with Crippen molar-refractivity contribution in [3.63, 3.8) is 0 Å². The van der Waals surface area contributed by atoms with Gasteiger partial charge in [0.15, 0.2) is 0 Å². The summed E-state index contributed by atoms with van der Waals surface area (Å²) in [5.74, 6) is -0.913. The Morgan fingerprint density at radius 2 is 2.05 bits per heavy atom. The number of alkyl halides is 3. The van der Waals surface area contributed by atoms with E-state index in [1.807, 2.05) is 0 Å². The summed E-state index contributed by atoms with van der Waals surface area (Å²) in [6.07, 6.45) is -3.06. The molecule has 1 heterocycles. The zero-order valence-corrected chi connectivity index (χ0v) is 11.2. The second kappa shape index (κ2) is 6.58. The number of halogens is 3. The number of nitrogens with one attached hydrogen (secondary N) is 1. The van der Waals surface area contributed by atoms with E-state index in [1.54, 1.807) is 6.92 Å². The molecule has 1 rings (SSSR count). The molecular weight excluding hydrogens is 273 g/mol. The molecule has 0 aliphatic carbocycles. The molecule has 7 heteroatoms. The van der Waals surface area contributed by atoms with Crippen LogP contribution in [0.1, 0.15) is 39.0 Å². The molecule has 0 fully saturated rings. The number of carboxylic acid groups (broad SMARTS) is 1. The molecule has 1 aliphatic rings. The highest BCUT2D eigenvalue weighted by molar-refractivity contribution is 6.02. The third kappa shape index (κ3) is 4.11. The van der Waals surface area contributed by atoms with E-state index < -0.39 is 17.7 Å². The number of carboxylic acids is 1. The van der Waals surface area contributed by atoms with Crippen LogP contribution in [-0.4, -0.2) is 23.0 Å². The van der Waals surface area contributed by atoms with Crippen LogP contribution in [0.25, 0.3) is 0 Å². The van der Waals surface area contributed by atoms with Crippen molar-refractivity contribution in [3.8, 4) is 0 Å². The van der Waals surface area contributed by atoms with Gasteiger partial charge in [-0.15, -0.1) is 0 Å². The van der Waals surface area contributed by atoms with Crippen LogP contribution in [0.2, 0.25) is 0 Å². The molecule has 20 heavy (non-hydrogen) atoms. The van der Waals surface area contributed by atoms with Gasteiger partial charge >= 0.3 is 12.1 Å². The lowest BCUT2D eigenvalue weighted by Crippen LogP contribution is -2.29. The van der Waals surface area contributed by atoms with E-state index in [0.717, 1.165) is 0 Å². The van der Waals surface area contributed by atoms with Gasteiger partial charge in [0, 0.05) is 6.42 Å². The molecule has 0 saturated carbocycles. The number of unbranched alkanes of at least 4 members (excludes halogenated alkanes) is 1. The first-order chi connectivity index (χ1) is 9.27. The first-order valence-electron chi connectivity index (χ1n) is 6.31. The van der Waals surface area contributed by atoms with Crippen LogP contribution in [0.15, 0.2) is 28.5 Å². The molecule has 0 amide bonds. The molecule has 2 N–H and O–H groups in total. The smallest absolute Gasteiger partial charge is 0.418 e. The zero-order chi connectivity index (χ0) is 15.3. The van der Waals surface area contributed by atoms with Crippen molar-refractivity contribution in [2.75, 3.05) is 0 Å². The molecule has 0 saturated heterocycles. The maximum atomic E-state index is 13.0. The number of hydrogen-bond donors (Lipinski definition) is 2. The van der Waals surface area contributed by atoms with Gasteiger partial charge in [0.05, 0.1) is 17.0 Å². The van der Waals surface area contributed by atoms with Crippen molar-refractivity contribution in [2.24, 2.45) is 5.10 Å². The van der Waals surface area contributed by atoms with Crippen LogP contribution in [0.3, 0.4) is 0 Å². The van der Waals surface area contributed by atoms with E-state index in [4.69, 9.17) is 5.11 Å². The van der Waals surface area contributed by atoms with Crippen LogP contribution in [0.4, 0.5) is 13.2 Å². The summed E-state index contributed by atoms with van der Waals surface area (Å²) in [6, 6.07) is 0. The van der Waals surface area contributed by atoms with Crippen LogP contribution in [0, 0.1) is 0 Å². The quantitative estimate of drug-likeness (QED) is 0.737. The highest BCUT2D eigenvalue weighted by Gasteiger charge is 2.40. The Bertz CT molecular complexity index is 465. The Labute approximate surface area is 115 Å². The lowest BCUT2D eigenvalue weighted by Gasteiger charge is -2.24. The number of rotatable bonds is 6. The van der Waals surface area contributed by atoms with Gasteiger partial charge in [-0.2, -0.15) is 18.3 Å². The summed E-state index contributed by atoms with van der Waals surface area (Å²) in [5.41, 5.74) is 1.76.